The Balaban J connectivity index is 1.68. The molecule has 1 aromatic carbocycles. The lowest BCUT2D eigenvalue weighted by molar-refractivity contribution is 0.606. The van der Waals surface area contributed by atoms with E-state index in [-0.39, 0.29) is 5.92 Å². The van der Waals surface area contributed by atoms with Crippen LogP contribution >= 0.6 is 0 Å². The highest BCUT2D eigenvalue weighted by atomic mass is 15.4. The van der Waals surface area contributed by atoms with Gasteiger partial charge in [-0.25, -0.2) is 14.6 Å². The summed E-state index contributed by atoms with van der Waals surface area (Å²) in [6.45, 7) is 7.20. The summed E-state index contributed by atoms with van der Waals surface area (Å²) in [4.78, 5) is 13.7. The predicted molar refractivity (Wildman–Crippen MR) is 106 cm³/mol. The first kappa shape index (κ1) is 17.4. The lowest BCUT2D eigenvalue weighted by Gasteiger charge is -2.09. The molecule has 0 atom stereocenters. The molecule has 0 saturated heterocycles. The van der Waals surface area contributed by atoms with Crippen molar-refractivity contribution >= 4 is 10.9 Å². The van der Waals surface area contributed by atoms with Crippen molar-refractivity contribution in [1.29, 1.82) is 0 Å². The van der Waals surface area contributed by atoms with Crippen molar-refractivity contribution in [3.05, 3.63) is 66.4 Å². The summed E-state index contributed by atoms with van der Waals surface area (Å²) in [5.41, 5.74) is 1.94. The maximum atomic E-state index is 4.83. The van der Waals surface area contributed by atoms with E-state index in [1.165, 1.54) is 0 Å². The summed E-state index contributed by atoms with van der Waals surface area (Å²) in [5.74, 6) is 3.17. The van der Waals surface area contributed by atoms with Gasteiger partial charge >= 0.3 is 0 Å². The molecule has 4 rings (SSSR count). The third-order valence-corrected chi connectivity index (χ3v) is 4.77. The first-order chi connectivity index (χ1) is 13.1. The number of pyridine rings is 1. The van der Waals surface area contributed by atoms with Gasteiger partial charge in [-0.2, -0.15) is 5.10 Å². The molecule has 0 bridgehead atoms. The number of hydrogen-bond donors (Lipinski definition) is 0. The number of hydrogen-bond acceptors (Lipinski definition) is 4. The molecule has 3 heterocycles. The molecule has 0 aliphatic heterocycles. The van der Waals surface area contributed by atoms with Crippen LogP contribution in [-0.2, 0) is 13.0 Å². The van der Waals surface area contributed by atoms with Crippen LogP contribution in [0.25, 0.3) is 16.6 Å². The van der Waals surface area contributed by atoms with Crippen molar-refractivity contribution < 1.29 is 0 Å². The van der Waals surface area contributed by atoms with Crippen molar-refractivity contribution in [2.75, 3.05) is 0 Å². The minimum Gasteiger partial charge on any atom is -0.335 e. The summed E-state index contributed by atoms with van der Waals surface area (Å²) in [5, 5.41) is 5.92. The van der Waals surface area contributed by atoms with Crippen LogP contribution in [0.1, 0.15) is 43.7 Å². The zero-order chi connectivity index (χ0) is 18.8. The van der Waals surface area contributed by atoms with Crippen LogP contribution in [0.15, 0.2) is 48.9 Å². The molecule has 0 fully saturated rings. The first-order valence-corrected chi connectivity index (χ1v) is 9.41. The second kappa shape index (κ2) is 7.31. The van der Waals surface area contributed by atoms with E-state index in [1.54, 1.807) is 0 Å². The normalized spacial score (nSPS) is 11.6. The summed E-state index contributed by atoms with van der Waals surface area (Å²) in [6, 6.07) is 10.2. The van der Waals surface area contributed by atoms with Gasteiger partial charge in [-0.15, -0.1) is 0 Å². The van der Waals surface area contributed by atoms with Crippen LogP contribution in [-0.4, -0.2) is 29.3 Å². The number of para-hydroxylation sites is 1. The fourth-order valence-electron chi connectivity index (χ4n) is 3.27. The van der Waals surface area contributed by atoms with Gasteiger partial charge in [0.1, 0.15) is 11.6 Å². The predicted octanol–water partition coefficient (Wildman–Crippen LogP) is 4.08. The molecule has 0 aliphatic carbocycles. The van der Waals surface area contributed by atoms with Gasteiger partial charge in [-0.3, -0.25) is 4.98 Å². The Morgan fingerprint density at radius 1 is 1.04 bits per heavy atom. The van der Waals surface area contributed by atoms with Crippen LogP contribution in [0.5, 0.6) is 0 Å². The molecule has 6 nitrogen and oxygen atoms in total. The zero-order valence-corrected chi connectivity index (χ0v) is 16.0. The highest BCUT2D eigenvalue weighted by molar-refractivity contribution is 5.86. The van der Waals surface area contributed by atoms with Gasteiger partial charge < -0.3 is 4.57 Å². The third-order valence-electron chi connectivity index (χ3n) is 4.77. The number of fused-ring (bicyclic) bond motifs is 1. The van der Waals surface area contributed by atoms with Crippen LogP contribution in [0.2, 0.25) is 0 Å². The molecule has 3 aromatic heterocycles. The van der Waals surface area contributed by atoms with E-state index in [2.05, 4.69) is 52.6 Å². The second-order valence-corrected chi connectivity index (χ2v) is 7.08. The molecule has 0 amide bonds. The second-order valence-electron chi connectivity index (χ2n) is 7.08. The Morgan fingerprint density at radius 2 is 1.89 bits per heavy atom. The fourth-order valence-corrected chi connectivity index (χ4v) is 3.27. The molecule has 0 spiro atoms. The Morgan fingerprint density at radius 3 is 2.67 bits per heavy atom. The smallest absolute Gasteiger partial charge is 0.153 e. The standard InChI is InChI=1S/C21H24N6/c1-15(2)21-24-19(10-6-13-26-14-12-22-16(26)3)27(25-21)18-9-4-7-17-8-5-11-23-20(17)18/h4-5,7-9,11-12,14-15H,6,10,13H2,1-3H3. The van der Waals surface area contributed by atoms with Crippen LogP contribution in [0.4, 0.5) is 0 Å². The lowest BCUT2D eigenvalue weighted by Crippen LogP contribution is -2.07. The van der Waals surface area contributed by atoms with Crippen LogP contribution < -0.4 is 0 Å². The number of nitrogens with zero attached hydrogens (tertiary/aromatic N) is 6. The Hall–Kier alpha value is -3.02. The topological polar surface area (TPSA) is 61.4 Å². The first-order valence-electron chi connectivity index (χ1n) is 9.41. The maximum absolute atomic E-state index is 4.83. The molecule has 6 heteroatoms. The van der Waals surface area contributed by atoms with Gasteiger partial charge in [0.05, 0.1) is 11.2 Å². The molecule has 0 aliphatic rings. The number of imidazole rings is 1. The minimum absolute atomic E-state index is 0.281. The minimum atomic E-state index is 0.281. The van der Waals surface area contributed by atoms with E-state index < -0.39 is 0 Å². The number of benzene rings is 1. The van der Waals surface area contributed by atoms with E-state index in [1.807, 2.05) is 36.3 Å². The van der Waals surface area contributed by atoms with E-state index in [9.17, 15) is 0 Å². The number of aryl methyl sites for hydroxylation is 3. The van der Waals surface area contributed by atoms with Gasteiger partial charge in [0, 0.05) is 42.9 Å². The zero-order valence-electron chi connectivity index (χ0n) is 16.0. The monoisotopic (exact) mass is 360 g/mol. The van der Waals surface area contributed by atoms with Gasteiger partial charge in [0.25, 0.3) is 0 Å². The molecule has 138 valence electrons. The highest BCUT2D eigenvalue weighted by Crippen LogP contribution is 2.22. The Kier molecular flexibility index (Phi) is 4.71. The molecule has 4 aromatic rings. The summed E-state index contributed by atoms with van der Waals surface area (Å²) < 4.78 is 4.15. The van der Waals surface area contributed by atoms with Gasteiger partial charge in [0.2, 0.25) is 0 Å². The van der Waals surface area contributed by atoms with Crippen molar-refractivity contribution in [2.24, 2.45) is 0 Å². The largest absolute Gasteiger partial charge is 0.335 e. The molecular weight excluding hydrogens is 336 g/mol. The average molecular weight is 360 g/mol. The van der Waals surface area contributed by atoms with E-state index in [0.717, 1.165) is 53.4 Å². The van der Waals surface area contributed by atoms with Crippen molar-refractivity contribution in [2.45, 2.75) is 46.1 Å². The molecule has 0 radical (unpaired) electrons. The Bertz CT molecular complexity index is 1050. The molecular formula is C21H24N6. The van der Waals surface area contributed by atoms with Crippen LogP contribution in [0, 0.1) is 6.92 Å². The highest BCUT2D eigenvalue weighted by Gasteiger charge is 2.16. The van der Waals surface area contributed by atoms with Crippen molar-refractivity contribution in [3.8, 4) is 5.69 Å². The van der Waals surface area contributed by atoms with Crippen molar-refractivity contribution in [3.63, 3.8) is 0 Å². The third kappa shape index (κ3) is 3.47. The molecule has 27 heavy (non-hydrogen) atoms. The summed E-state index contributed by atoms with van der Waals surface area (Å²) in [7, 11) is 0. The average Bonchev–Trinajstić information content (AvgIpc) is 3.28. The fraction of sp³-hybridized carbons (Fsp3) is 0.333. The van der Waals surface area contributed by atoms with E-state index >= 15 is 0 Å². The lowest BCUT2D eigenvalue weighted by atomic mass is 10.2. The summed E-state index contributed by atoms with van der Waals surface area (Å²) in [6.07, 6.45) is 7.52. The molecule has 0 unspecified atom stereocenters. The van der Waals surface area contributed by atoms with E-state index in [0.29, 0.717) is 0 Å². The molecule has 0 N–H and O–H groups in total. The quantitative estimate of drug-likeness (QED) is 0.520. The van der Waals surface area contributed by atoms with Crippen molar-refractivity contribution in [1.82, 2.24) is 29.3 Å². The number of aromatic nitrogens is 6. The van der Waals surface area contributed by atoms with Gasteiger partial charge in [-0.1, -0.05) is 32.0 Å². The Labute approximate surface area is 158 Å². The SMILES string of the molecule is Cc1nccn1CCCc1nc(C(C)C)nn1-c1cccc2cccnc12. The molecule has 0 saturated carbocycles. The van der Waals surface area contributed by atoms with Gasteiger partial charge in [0.15, 0.2) is 5.82 Å². The maximum Gasteiger partial charge on any atom is 0.153 e. The summed E-state index contributed by atoms with van der Waals surface area (Å²) >= 11 is 0. The number of rotatable bonds is 6. The van der Waals surface area contributed by atoms with Gasteiger partial charge in [-0.05, 0) is 25.5 Å². The van der Waals surface area contributed by atoms with E-state index in [4.69, 9.17) is 10.1 Å². The van der Waals surface area contributed by atoms with Crippen LogP contribution in [0.3, 0.4) is 0 Å².